The summed E-state index contributed by atoms with van der Waals surface area (Å²) in [7, 11) is 0. The first kappa shape index (κ1) is 11.9. The molecule has 3 heteroatoms. The minimum Gasteiger partial charge on any atom is -0.456 e. The Hall–Kier alpha value is -1.54. The van der Waals surface area contributed by atoms with Crippen LogP contribution in [0.3, 0.4) is 0 Å². The summed E-state index contributed by atoms with van der Waals surface area (Å²) in [6.45, 7) is 1.95. The van der Waals surface area contributed by atoms with Crippen LogP contribution in [-0.2, 0) is 0 Å². The van der Waals surface area contributed by atoms with Gasteiger partial charge in [-0.05, 0) is 65.4 Å². The number of halogens is 1. The van der Waals surface area contributed by atoms with Gasteiger partial charge in [-0.3, -0.25) is 0 Å². The van der Waals surface area contributed by atoms with Crippen molar-refractivity contribution in [1.29, 1.82) is 5.26 Å². The third-order valence-corrected chi connectivity index (χ3v) is 2.95. The minimum absolute atomic E-state index is 0.559. The van der Waals surface area contributed by atoms with Crippen molar-refractivity contribution in [2.24, 2.45) is 0 Å². The van der Waals surface area contributed by atoms with Crippen LogP contribution < -0.4 is 4.74 Å². The van der Waals surface area contributed by atoms with Crippen LogP contribution in [0.25, 0.3) is 0 Å². The van der Waals surface area contributed by atoms with Gasteiger partial charge >= 0.3 is 0 Å². The molecule has 0 radical (unpaired) electrons. The van der Waals surface area contributed by atoms with Gasteiger partial charge in [0.05, 0.1) is 5.56 Å². The SMILES string of the molecule is Cc1ccc(Oc2cccc(I)c2)c(C#N)c1. The molecule has 0 aliphatic rings. The molecule has 2 aromatic rings. The quantitative estimate of drug-likeness (QED) is 0.768. The second-order valence-corrected chi connectivity index (χ2v) is 4.92. The first-order valence-electron chi connectivity index (χ1n) is 5.13. The van der Waals surface area contributed by atoms with Crippen molar-refractivity contribution in [2.45, 2.75) is 6.92 Å². The molecule has 0 saturated carbocycles. The Bertz CT molecular complexity index is 587. The highest BCUT2D eigenvalue weighted by molar-refractivity contribution is 14.1. The summed E-state index contributed by atoms with van der Waals surface area (Å²) >= 11 is 2.23. The molecule has 0 fully saturated rings. The highest BCUT2D eigenvalue weighted by Crippen LogP contribution is 2.26. The largest absolute Gasteiger partial charge is 0.456 e. The van der Waals surface area contributed by atoms with E-state index < -0.39 is 0 Å². The van der Waals surface area contributed by atoms with Gasteiger partial charge in [-0.2, -0.15) is 5.26 Å². The summed E-state index contributed by atoms with van der Waals surface area (Å²) in [6, 6.07) is 15.5. The van der Waals surface area contributed by atoms with E-state index in [1.807, 2.05) is 49.4 Å². The Morgan fingerprint density at radius 2 is 2.00 bits per heavy atom. The number of aryl methyl sites for hydroxylation is 1. The van der Waals surface area contributed by atoms with Crippen molar-refractivity contribution < 1.29 is 4.74 Å². The van der Waals surface area contributed by atoms with Crippen LogP contribution in [0.2, 0.25) is 0 Å². The van der Waals surface area contributed by atoms with Crippen molar-refractivity contribution in [3.63, 3.8) is 0 Å². The van der Waals surface area contributed by atoms with E-state index in [1.54, 1.807) is 0 Å². The summed E-state index contributed by atoms with van der Waals surface area (Å²) in [5.41, 5.74) is 1.61. The van der Waals surface area contributed by atoms with Crippen LogP contribution >= 0.6 is 22.6 Å². The molecule has 0 saturated heterocycles. The smallest absolute Gasteiger partial charge is 0.145 e. The Kier molecular flexibility index (Phi) is 3.64. The molecule has 2 aromatic carbocycles. The molecule has 2 rings (SSSR count). The summed E-state index contributed by atoms with van der Waals surface area (Å²) in [6.07, 6.45) is 0. The second kappa shape index (κ2) is 5.19. The molecule has 0 unspecified atom stereocenters. The van der Waals surface area contributed by atoms with Crippen LogP contribution in [0.1, 0.15) is 11.1 Å². The maximum atomic E-state index is 9.04. The predicted octanol–water partition coefficient (Wildman–Crippen LogP) is 4.26. The van der Waals surface area contributed by atoms with Crippen LogP contribution in [-0.4, -0.2) is 0 Å². The van der Waals surface area contributed by atoms with Gasteiger partial charge in [0.15, 0.2) is 0 Å². The number of nitrogens with zero attached hydrogens (tertiary/aromatic N) is 1. The van der Waals surface area contributed by atoms with Crippen LogP contribution in [0.5, 0.6) is 11.5 Å². The fourth-order valence-corrected chi connectivity index (χ4v) is 1.99. The molecule has 0 N–H and O–H groups in total. The molecule has 0 aromatic heterocycles. The maximum absolute atomic E-state index is 9.04. The average molecular weight is 335 g/mol. The number of ether oxygens (including phenoxy) is 1. The molecule has 0 bridgehead atoms. The van der Waals surface area contributed by atoms with Crippen LogP contribution in [0, 0.1) is 21.8 Å². The maximum Gasteiger partial charge on any atom is 0.145 e. The molecule has 0 atom stereocenters. The first-order valence-corrected chi connectivity index (χ1v) is 6.21. The van der Waals surface area contributed by atoms with E-state index in [0.717, 1.165) is 14.9 Å². The Morgan fingerprint density at radius 1 is 1.18 bits per heavy atom. The van der Waals surface area contributed by atoms with Gasteiger partial charge < -0.3 is 4.74 Å². The van der Waals surface area contributed by atoms with E-state index in [-0.39, 0.29) is 0 Å². The van der Waals surface area contributed by atoms with Gasteiger partial charge in [-0.1, -0.05) is 12.1 Å². The summed E-state index contributed by atoms with van der Waals surface area (Å²) in [4.78, 5) is 0. The van der Waals surface area contributed by atoms with Crippen molar-refractivity contribution in [2.75, 3.05) is 0 Å². The molecule has 0 aliphatic heterocycles. The van der Waals surface area contributed by atoms with Gasteiger partial charge in [0.25, 0.3) is 0 Å². The van der Waals surface area contributed by atoms with Crippen LogP contribution in [0.4, 0.5) is 0 Å². The predicted molar refractivity (Wildman–Crippen MR) is 75.1 cm³/mol. The van der Waals surface area contributed by atoms with Gasteiger partial charge in [-0.15, -0.1) is 0 Å². The van der Waals surface area contributed by atoms with Crippen molar-refractivity contribution >= 4 is 22.6 Å². The Balaban J connectivity index is 2.34. The van der Waals surface area contributed by atoms with Gasteiger partial charge in [0.2, 0.25) is 0 Å². The molecule has 0 heterocycles. The Morgan fingerprint density at radius 3 is 2.71 bits per heavy atom. The van der Waals surface area contributed by atoms with E-state index in [1.165, 1.54) is 0 Å². The zero-order chi connectivity index (χ0) is 12.3. The summed E-state index contributed by atoms with van der Waals surface area (Å²) in [5.74, 6) is 1.34. The van der Waals surface area contributed by atoms with E-state index in [4.69, 9.17) is 10.00 Å². The van der Waals surface area contributed by atoms with Crippen molar-refractivity contribution in [1.82, 2.24) is 0 Å². The average Bonchev–Trinajstić information content (AvgIpc) is 2.31. The third kappa shape index (κ3) is 2.98. The molecule has 2 nitrogen and oxygen atoms in total. The zero-order valence-corrected chi connectivity index (χ0v) is 11.4. The van der Waals surface area contributed by atoms with Gasteiger partial charge in [-0.25, -0.2) is 0 Å². The lowest BCUT2D eigenvalue weighted by Gasteiger charge is -2.08. The number of hydrogen-bond acceptors (Lipinski definition) is 2. The fourth-order valence-electron chi connectivity index (χ4n) is 1.48. The van der Waals surface area contributed by atoms with Gasteiger partial charge in [0.1, 0.15) is 17.6 Å². The second-order valence-electron chi connectivity index (χ2n) is 3.67. The molecule has 0 spiro atoms. The lowest BCUT2D eigenvalue weighted by molar-refractivity contribution is 0.480. The summed E-state index contributed by atoms with van der Waals surface area (Å²) < 4.78 is 6.81. The number of benzene rings is 2. The molecule has 0 aliphatic carbocycles. The molecular formula is C14H10INO. The highest BCUT2D eigenvalue weighted by atomic mass is 127. The number of hydrogen-bond donors (Lipinski definition) is 0. The summed E-state index contributed by atoms with van der Waals surface area (Å²) in [5, 5.41) is 9.04. The van der Waals surface area contributed by atoms with E-state index in [9.17, 15) is 0 Å². The van der Waals surface area contributed by atoms with E-state index >= 15 is 0 Å². The highest BCUT2D eigenvalue weighted by Gasteiger charge is 2.04. The lowest BCUT2D eigenvalue weighted by Crippen LogP contribution is -1.89. The third-order valence-electron chi connectivity index (χ3n) is 2.28. The van der Waals surface area contributed by atoms with E-state index in [0.29, 0.717) is 11.3 Å². The lowest BCUT2D eigenvalue weighted by atomic mass is 10.1. The zero-order valence-electron chi connectivity index (χ0n) is 9.27. The van der Waals surface area contributed by atoms with Crippen molar-refractivity contribution in [3.8, 4) is 17.6 Å². The molecule has 17 heavy (non-hydrogen) atoms. The van der Waals surface area contributed by atoms with Gasteiger partial charge in [0, 0.05) is 3.57 Å². The molecule has 0 amide bonds. The topological polar surface area (TPSA) is 33.0 Å². The monoisotopic (exact) mass is 335 g/mol. The van der Waals surface area contributed by atoms with Crippen molar-refractivity contribution in [3.05, 3.63) is 57.2 Å². The van der Waals surface area contributed by atoms with Crippen LogP contribution in [0.15, 0.2) is 42.5 Å². The molecular weight excluding hydrogens is 325 g/mol. The van der Waals surface area contributed by atoms with E-state index in [2.05, 4.69) is 28.7 Å². The first-order chi connectivity index (χ1) is 8.19. The normalized spacial score (nSPS) is 9.71. The molecule has 84 valence electrons. The Labute approximate surface area is 114 Å². The number of rotatable bonds is 2. The standard InChI is InChI=1S/C14H10INO/c1-10-5-6-14(11(7-10)9-16)17-13-4-2-3-12(15)8-13/h2-8H,1H3. The fraction of sp³-hybridized carbons (Fsp3) is 0.0714. The minimum atomic E-state index is 0.559. The number of nitriles is 1.